The lowest BCUT2D eigenvalue weighted by Crippen LogP contribution is -2.22. The molecule has 1 atom stereocenters. The number of aryl methyl sites for hydroxylation is 2. The molecule has 0 saturated carbocycles. The second-order valence-electron chi connectivity index (χ2n) is 5.60. The van der Waals surface area contributed by atoms with Gasteiger partial charge in [-0.3, -0.25) is 4.90 Å². The largest absolute Gasteiger partial charge is 0.388 e. The highest BCUT2D eigenvalue weighted by Crippen LogP contribution is 2.30. The molecule has 0 aliphatic rings. The van der Waals surface area contributed by atoms with E-state index in [2.05, 4.69) is 80.6 Å². The van der Waals surface area contributed by atoms with Crippen LogP contribution in [-0.2, 0) is 0 Å². The van der Waals surface area contributed by atoms with Gasteiger partial charge in [0.15, 0.2) is 0 Å². The lowest BCUT2D eigenvalue weighted by atomic mass is 9.93. The molecule has 0 aliphatic carbocycles. The Kier molecular flexibility index (Phi) is 4.46. The Morgan fingerprint density at radius 2 is 1.60 bits per heavy atom. The summed E-state index contributed by atoms with van der Waals surface area (Å²) in [4.78, 5) is 2.27. The van der Waals surface area contributed by atoms with Gasteiger partial charge in [0.2, 0.25) is 0 Å². The highest BCUT2D eigenvalue weighted by Gasteiger charge is 2.18. The van der Waals surface area contributed by atoms with Crippen LogP contribution in [0.15, 0.2) is 42.5 Å². The minimum atomic E-state index is 0.293. The smallest absolute Gasteiger partial charge is 0.0599 e. The normalized spacial score (nSPS) is 12.5. The first-order valence-electron chi connectivity index (χ1n) is 7.04. The fourth-order valence-electron chi connectivity index (χ4n) is 2.72. The van der Waals surface area contributed by atoms with Crippen LogP contribution in [0, 0.1) is 13.8 Å². The Balaban J connectivity index is 2.44. The lowest BCUT2D eigenvalue weighted by Gasteiger charge is -2.27. The molecule has 106 valence electrons. The van der Waals surface area contributed by atoms with Crippen LogP contribution in [-0.4, -0.2) is 26.0 Å². The molecule has 0 aromatic heterocycles. The van der Waals surface area contributed by atoms with E-state index in [1.54, 1.807) is 0 Å². The van der Waals surface area contributed by atoms with E-state index in [4.69, 9.17) is 0 Å². The van der Waals surface area contributed by atoms with Gasteiger partial charge in [0, 0.05) is 12.7 Å². The van der Waals surface area contributed by atoms with Crippen LogP contribution in [0.1, 0.15) is 28.3 Å². The third kappa shape index (κ3) is 3.02. The molecule has 2 nitrogen and oxygen atoms in total. The second-order valence-corrected chi connectivity index (χ2v) is 5.60. The highest BCUT2D eigenvalue weighted by atomic mass is 15.1. The number of hydrogen-bond donors (Lipinski definition) is 1. The number of benzene rings is 2. The first kappa shape index (κ1) is 14.6. The van der Waals surface area contributed by atoms with Crippen LogP contribution in [0.2, 0.25) is 0 Å². The Morgan fingerprint density at radius 3 is 2.10 bits per heavy atom. The molecule has 0 radical (unpaired) electrons. The molecule has 1 unspecified atom stereocenters. The van der Waals surface area contributed by atoms with Gasteiger partial charge in [-0.2, -0.15) is 0 Å². The number of nitrogens with one attached hydrogen (secondary N) is 1. The van der Waals surface area contributed by atoms with Crippen LogP contribution in [0.3, 0.4) is 0 Å². The van der Waals surface area contributed by atoms with Crippen molar-refractivity contribution in [3.05, 3.63) is 64.7 Å². The van der Waals surface area contributed by atoms with Crippen LogP contribution in [0.4, 0.5) is 5.69 Å². The highest BCUT2D eigenvalue weighted by molar-refractivity contribution is 5.47. The van der Waals surface area contributed by atoms with Crippen LogP contribution < -0.4 is 5.32 Å². The van der Waals surface area contributed by atoms with Gasteiger partial charge in [-0.15, -0.1) is 0 Å². The molecule has 20 heavy (non-hydrogen) atoms. The summed E-state index contributed by atoms with van der Waals surface area (Å²) in [6.07, 6.45) is 0. The van der Waals surface area contributed by atoms with E-state index in [0.717, 1.165) is 5.69 Å². The van der Waals surface area contributed by atoms with Gasteiger partial charge in [-0.1, -0.05) is 35.9 Å². The number of rotatable bonds is 4. The topological polar surface area (TPSA) is 15.3 Å². The summed E-state index contributed by atoms with van der Waals surface area (Å²) in [5.74, 6) is 0. The number of nitrogens with zero attached hydrogens (tertiary/aromatic N) is 1. The molecule has 0 amide bonds. The van der Waals surface area contributed by atoms with E-state index < -0.39 is 0 Å². The van der Waals surface area contributed by atoms with Crippen molar-refractivity contribution in [2.75, 3.05) is 26.5 Å². The third-order valence-electron chi connectivity index (χ3n) is 3.75. The van der Waals surface area contributed by atoms with Crippen molar-refractivity contribution in [1.29, 1.82) is 0 Å². The van der Waals surface area contributed by atoms with Gasteiger partial charge < -0.3 is 5.32 Å². The van der Waals surface area contributed by atoms with E-state index in [9.17, 15) is 0 Å². The summed E-state index contributed by atoms with van der Waals surface area (Å²) in [6.45, 7) is 4.34. The van der Waals surface area contributed by atoms with Gasteiger partial charge >= 0.3 is 0 Å². The summed E-state index contributed by atoms with van der Waals surface area (Å²) in [7, 11) is 6.22. The van der Waals surface area contributed by atoms with E-state index >= 15 is 0 Å². The Hall–Kier alpha value is -1.80. The summed E-state index contributed by atoms with van der Waals surface area (Å²) in [6, 6.07) is 15.7. The molecular formula is C18H24N2. The van der Waals surface area contributed by atoms with Crippen LogP contribution in [0.5, 0.6) is 0 Å². The average Bonchev–Trinajstić information content (AvgIpc) is 2.42. The fraction of sp³-hybridized carbons (Fsp3) is 0.333. The van der Waals surface area contributed by atoms with Crippen molar-refractivity contribution in [2.24, 2.45) is 0 Å². The SMILES string of the molecule is CNc1ccc(C(c2ccc(C)cc2C)N(C)C)cc1. The van der Waals surface area contributed by atoms with Crippen molar-refractivity contribution >= 4 is 5.69 Å². The monoisotopic (exact) mass is 268 g/mol. The van der Waals surface area contributed by atoms with Crippen molar-refractivity contribution < 1.29 is 0 Å². The van der Waals surface area contributed by atoms with E-state index in [1.807, 2.05) is 7.05 Å². The molecule has 1 N–H and O–H groups in total. The third-order valence-corrected chi connectivity index (χ3v) is 3.75. The van der Waals surface area contributed by atoms with Gasteiger partial charge in [0.05, 0.1) is 6.04 Å². The molecule has 2 aromatic carbocycles. The van der Waals surface area contributed by atoms with Crippen LogP contribution in [0.25, 0.3) is 0 Å². The Morgan fingerprint density at radius 1 is 0.950 bits per heavy atom. The average molecular weight is 268 g/mol. The molecule has 0 bridgehead atoms. The summed E-state index contributed by atoms with van der Waals surface area (Å²) >= 11 is 0. The molecule has 2 aromatic rings. The lowest BCUT2D eigenvalue weighted by molar-refractivity contribution is 0.341. The predicted molar refractivity (Wildman–Crippen MR) is 87.4 cm³/mol. The predicted octanol–water partition coefficient (Wildman–Crippen LogP) is 4.00. The maximum absolute atomic E-state index is 3.17. The zero-order chi connectivity index (χ0) is 14.7. The molecule has 0 saturated heterocycles. The zero-order valence-electron chi connectivity index (χ0n) is 13.1. The van der Waals surface area contributed by atoms with Gasteiger partial charge in [-0.05, 0) is 56.8 Å². The minimum Gasteiger partial charge on any atom is -0.388 e. The standard InChI is InChI=1S/C18H24N2/c1-13-6-11-17(14(2)12-13)18(20(4)5)15-7-9-16(19-3)10-8-15/h6-12,18-19H,1-5H3. The molecule has 0 fully saturated rings. The van der Waals surface area contributed by atoms with Crippen molar-refractivity contribution in [3.63, 3.8) is 0 Å². The molecule has 0 heterocycles. The molecule has 0 aliphatic heterocycles. The summed E-state index contributed by atoms with van der Waals surface area (Å²) in [5.41, 5.74) is 6.50. The number of hydrogen-bond acceptors (Lipinski definition) is 2. The summed E-state index contributed by atoms with van der Waals surface area (Å²) in [5, 5.41) is 3.17. The maximum Gasteiger partial charge on any atom is 0.0599 e. The van der Waals surface area contributed by atoms with Crippen molar-refractivity contribution in [2.45, 2.75) is 19.9 Å². The molecule has 2 rings (SSSR count). The first-order valence-corrected chi connectivity index (χ1v) is 7.04. The Labute approximate surface area is 122 Å². The molecule has 2 heteroatoms. The fourth-order valence-corrected chi connectivity index (χ4v) is 2.72. The van der Waals surface area contributed by atoms with Crippen molar-refractivity contribution in [1.82, 2.24) is 4.90 Å². The van der Waals surface area contributed by atoms with E-state index in [-0.39, 0.29) is 0 Å². The Bertz CT molecular complexity index is 570. The quantitative estimate of drug-likeness (QED) is 0.901. The minimum absolute atomic E-state index is 0.293. The van der Waals surface area contributed by atoms with E-state index in [1.165, 1.54) is 22.3 Å². The second kappa shape index (κ2) is 6.10. The first-order chi connectivity index (χ1) is 9.52. The van der Waals surface area contributed by atoms with Crippen molar-refractivity contribution in [3.8, 4) is 0 Å². The number of anilines is 1. The maximum atomic E-state index is 3.17. The van der Waals surface area contributed by atoms with Gasteiger partial charge in [0.25, 0.3) is 0 Å². The zero-order valence-corrected chi connectivity index (χ0v) is 13.1. The van der Waals surface area contributed by atoms with E-state index in [0.29, 0.717) is 6.04 Å². The molecular weight excluding hydrogens is 244 g/mol. The summed E-state index contributed by atoms with van der Waals surface area (Å²) < 4.78 is 0. The van der Waals surface area contributed by atoms with Gasteiger partial charge in [-0.25, -0.2) is 0 Å². The van der Waals surface area contributed by atoms with Crippen LogP contribution >= 0.6 is 0 Å². The van der Waals surface area contributed by atoms with Gasteiger partial charge in [0.1, 0.15) is 0 Å². The molecule has 0 spiro atoms.